The molecule has 0 aliphatic carbocycles. The summed E-state index contributed by atoms with van der Waals surface area (Å²) in [7, 11) is -3.45. The van der Waals surface area contributed by atoms with E-state index in [2.05, 4.69) is 24.8 Å². The zero-order valence-electron chi connectivity index (χ0n) is 18.8. The number of fused-ring (bicyclic) bond motifs is 1. The lowest BCUT2D eigenvalue weighted by Gasteiger charge is -2.46. The number of aromatic nitrogens is 5. The second kappa shape index (κ2) is 9.18. The molecule has 1 amide bonds. The topological polar surface area (TPSA) is 126 Å². The predicted molar refractivity (Wildman–Crippen MR) is 120 cm³/mol. The molecule has 3 aromatic rings. The molecule has 2 unspecified atom stereocenters. The summed E-state index contributed by atoms with van der Waals surface area (Å²) in [5.41, 5.74) is 0.876. The smallest absolute Gasteiger partial charge is 0.282 e. The monoisotopic (exact) mass is 494 g/mol. The number of anilines is 1. The highest BCUT2D eigenvalue weighted by Crippen LogP contribution is 2.27. The lowest BCUT2D eigenvalue weighted by atomic mass is 10.0. The van der Waals surface area contributed by atoms with Gasteiger partial charge in [-0.25, -0.2) is 41.4 Å². The van der Waals surface area contributed by atoms with Gasteiger partial charge in [0.25, 0.3) is 6.43 Å². The maximum Gasteiger partial charge on any atom is 0.282 e. The predicted octanol–water partition coefficient (Wildman–Crippen LogP) is 1.10. The number of piperazine rings is 1. The average molecular weight is 495 g/mol. The van der Waals surface area contributed by atoms with Crippen LogP contribution in [0.15, 0.2) is 30.7 Å². The zero-order valence-corrected chi connectivity index (χ0v) is 19.6. The summed E-state index contributed by atoms with van der Waals surface area (Å²) in [4.78, 5) is 28.6. The second-order valence-electron chi connectivity index (χ2n) is 8.07. The van der Waals surface area contributed by atoms with Gasteiger partial charge in [-0.3, -0.25) is 4.79 Å². The van der Waals surface area contributed by atoms with E-state index in [0.29, 0.717) is 35.9 Å². The number of halogens is 2. The fraction of sp³-hybridized carbons (Fsp3) is 0.450. The summed E-state index contributed by atoms with van der Waals surface area (Å²) in [6, 6.07) is 3.68. The summed E-state index contributed by atoms with van der Waals surface area (Å²) < 4.78 is 53.4. The first-order chi connectivity index (χ1) is 16.0. The van der Waals surface area contributed by atoms with Crippen molar-refractivity contribution in [2.75, 3.05) is 30.8 Å². The van der Waals surface area contributed by atoms with Crippen molar-refractivity contribution in [3.63, 3.8) is 0 Å². The Morgan fingerprint density at radius 1 is 1.24 bits per heavy atom. The van der Waals surface area contributed by atoms with Gasteiger partial charge >= 0.3 is 0 Å². The van der Waals surface area contributed by atoms with Gasteiger partial charge < -0.3 is 9.80 Å². The first-order valence-corrected chi connectivity index (χ1v) is 12.4. The molecule has 1 N–H and O–H groups in total. The van der Waals surface area contributed by atoms with E-state index in [1.165, 1.54) is 36.1 Å². The van der Waals surface area contributed by atoms with Crippen molar-refractivity contribution in [1.29, 1.82) is 0 Å². The first kappa shape index (κ1) is 23.9. The molecule has 0 aromatic carbocycles. The van der Waals surface area contributed by atoms with Gasteiger partial charge in [0.2, 0.25) is 15.9 Å². The molecule has 4 heterocycles. The molecule has 34 heavy (non-hydrogen) atoms. The third-order valence-corrected chi connectivity index (χ3v) is 6.50. The Morgan fingerprint density at radius 3 is 2.68 bits per heavy atom. The SMILES string of the molecule is CC(=O)N1CCN(c2cc(-c3cnc4ccc(C(F)F)nn34)ncn2)C(C)C1CNS(C)(=O)=O. The van der Waals surface area contributed by atoms with Crippen LogP contribution >= 0.6 is 0 Å². The maximum atomic E-state index is 13.1. The number of rotatable bonds is 6. The minimum atomic E-state index is -3.45. The van der Waals surface area contributed by atoms with Crippen molar-refractivity contribution in [3.8, 4) is 11.4 Å². The molecule has 11 nitrogen and oxygen atoms in total. The quantitative estimate of drug-likeness (QED) is 0.540. The Kier molecular flexibility index (Phi) is 6.45. The summed E-state index contributed by atoms with van der Waals surface area (Å²) >= 11 is 0. The molecule has 2 atom stereocenters. The van der Waals surface area contributed by atoms with E-state index in [1.54, 1.807) is 11.0 Å². The van der Waals surface area contributed by atoms with E-state index >= 15 is 0 Å². The van der Waals surface area contributed by atoms with Crippen molar-refractivity contribution in [2.45, 2.75) is 32.4 Å². The van der Waals surface area contributed by atoms with Crippen molar-refractivity contribution in [2.24, 2.45) is 0 Å². The van der Waals surface area contributed by atoms with Crippen LogP contribution in [0.1, 0.15) is 26.0 Å². The molecular weight excluding hydrogens is 470 g/mol. The molecule has 1 aliphatic heterocycles. The number of alkyl halides is 2. The molecule has 14 heteroatoms. The van der Waals surface area contributed by atoms with Crippen LogP contribution in [0, 0.1) is 0 Å². The van der Waals surface area contributed by atoms with Gasteiger partial charge in [-0.15, -0.1) is 0 Å². The Balaban J connectivity index is 1.66. The number of nitrogens with zero attached hydrogens (tertiary/aromatic N) is 7. The van der Waals surface area contributed by atoms with Gasteiger partial charge in [-0.2, -0.15) is 5.10 Å². The van der Waals surface area contributed by atoms with Crippen molar-refractivity contribution in [3.05, 3.63) is 36.4 Å². The van der Waals surface area contributed by atoms with Gasteiger partial charge in [-0.1, -0.05) is 0 Å². The lowest BCUT2D eigenvalue weighted by molar-refractivity contribution is -0.132. The Morgan fingerprint density at radius 2 is 2.00 bits per heavy atom. The number of carbonyl (C=O) groups excluding carboxylic acids is 1. The molecule has 0 bridgehead atoms. The minimum Gasteiger partial charge on any atom is -0.350 e. The van der Waals surface area contributed by atoms with Gasteiger partial charge in [0.05, 0.1) is 24.2 Å². The molecule has 1 fully saturated rings. The third-order valence-electron chi connectivity index (χ3n) is 5.81. The first-order valence-electron chi connectivity index (χ1n) is 10.5. The maximum absolute atomic E-state index is 13.1. The fourth-order valence-corrected chi connectivity index (χ4v) is 4.58. The van der Waals surface area contributed by atoms with Crippen LogP contribution in [0.2, 0.25) is 0 Å². The Labute approximate surface area is 194 Å². The summed E-state index contributed by atoms with van der Waals surface area (Å²) in [6.07, 6.45) is 1.20. The summed E-state index contributed by atoms with van der Waals surface area (Å²) in [5, 5.41) is 3.98. The number of hydrogen-bond acceptors (Lipinski definition) is 8. The van der Waals surface area contributed by atoms with Gasteiger partial charge in [0.15, 0.2) is 5.65 Å². The highest BCUT2D eigenvalue weighted by molar-refractivity contribution is 7.88. The van der Waals surface area contributed by atoms with E-state index in [-0.39, 0.29) is 24.2 Å². The van der Waals surface area contributed by atoms with E-state index in [0.717, 1.165) is 6.26 Å². The Hall–Kier alpha value is -3.26. The van der Waals surface area contributed by atoms with E-state index in [9.17, 15) is 22.0 Å². The molecular formula is C20H24F2N8O3S. The molecule has 1 aliphatic rings. The number of imidazole rings is 1. The van der Waals surface area contributed by atoms with Crippen molar-refractivity contribution < 1.29 is 22.0 Å². The van der Waals surface area contributed by atoms with Gasteiger partial charge in [0.1, 0.15) is 23.5 Å². The molecule has 0 spiro atoms. The van der Waals surface area contributed by atoms with Crippen LogP contribution in [0.4, 0.5) is 14.6 Å². The normalized spacial score (nSPS) is 19.2. The number of amides is 1. The summed E-state index contributed by atoms with van der Waals surface area (Å²) in [6.45, 7) is 4.24. The number of hydrogen-bond donors (Lipinski definition) is 1. The lowest BCUT2D eigenvalue weighted by Crippen LogP contribution is -2.63. The molecule has 4 rings (SSSR count). The molecule has 1 saturated heterocycles. The average Bonchev–Trinajstić information content (AvgIpc) is 3.20. The largest absolute Gasteiger partial charge is 0.350 e. The van der Waals surface area contributed by atoms with Crippen LogP contribution in [-0.4, -0.2) is 81.8 Å². The van der Waals surface area contributed by atoms with E-state index in [4.69, 9.17) is 0 Å². The van der Waals surface area contributed by atoms with Crippen LogP contribution in [0.3, 0.4) is 0 Å². The number of carbonyl (C=O) groups is 1. The fourth-order valence-electron chi connectivity index (χ4n) is 4.11. The third kappa shape index (κ3) is 4.82. The highest BCUT2D eigenvalue weighted by Gasteiger charge is 2.36. The molecule has 182 valence electrons. The van der Waals surface area contributed by atoms with Crippen LogP contribution < -0.4 is 9.62 Å². The van der Waals surface area contributed by atoms with Gasteiger partial charge in [-0.05, 0) is 19.1 Å². The zero-order chi connectivity index (χ0) is 24.6. The van der Waals surface area contributed by atoms with E-state index in [1.807, 2.05) is 11.8 Å². The van der Waals surface area contributed by atoms with Crippen molar-refractivity contribution in [1.82, 2.24) is 34.2 Å². The standard InChI is InChI=1S/C20H24F2N8O3S/c1-12-16(10-26-34(3,32)33)29(13(2)31)7-6-28(12)19-8-15(24-11-25-19)17-9-23-18-5-4-14(20(21)22)27-30(17)18/h4-5,8-9,11-12,16,20,26H,6-7,10H2,1-3H3. The van der Waals surface area contributed by atoms with Crippen LogP contribution in [0.25, 0.3) is 17.0 Å². The van der Waals surface area contributed by atoms with Crippen LogP contribution in [-0.2, 0) is 14.8 Å². The second-order valence-corrected chi connectivity index (χ2v) is 9.90. The Bertz CT molecular complexity index is 1320. The molecule has 3 aromatic heterocycles. The van der Waals surface area contributed by atoms with Crippen molar-refractivity contribution >= 4 is 27.4 Å². The highest BCUT2D eigenvalue weighted by atomic mass is 32.2. The molecule has 0 saturated carbocycles. The minimum absolute atomic E-state index is 0.0571. The molecule has 0 radical (unpaired) electrons. The number of nitrogens with one attached hydrogen (secondary N) is 1. The number of sulfonamides is 1. The van der Waals surface area contributed by atoms with E-state index < -0.39 is 22.5 Å². The van der Waals surface area contributed by atoms with Gasteiger partial charge in [0, 0.05) is 38.7 Å². The van der Waals surface area contributed by atoms with Crippen LogP contribution in [0.5, 0.6) is 0 Å². The summed E-state index contributed by atoms with van der Waals surface area (Å²) in [5.74, 6) is 0.395.